The molecule has 4 radical (unpaired) electrons. The Hall–Kier alpha value is -1.60. The molecule has 0 saturated heterocycles. The molecule has 0 aliphatic heterocycles. The average molecular weight is 480 g/mol. The van der Waals surface area contributed by atoms with Gasteiger partial charge in [0.25, 0.3) is 0 Å². The van der Waals surface area contributed by atoms with Crippen LogP contribution in [0.25, 0.3) is 11.0 Å². The molecule has 0 spiro atoms. The van der Waals surface area contributed by atoms with Crippen molar-refractivity contribution in [3.63, 3.8) is 0 Å². The topological polar surface area (TPSA) is 50.4 Å². The van der Waals surface area contributed by atoms with Crippen LogP contribution < -0.4 is 10.9 Å². The predicted octanol–water partition coefficient (Wildman–Crippen LogP) is 3.59. The molecule has 0 aliphatic carbocycles. The van der Waals surface area contributed by atoms with Gasteiger partial charge in [0.05, 0.1) is 14.5 Å². The minimum atomic E-state index is -3.42. The first-order chi connectivity index (χ1) is 12.0. The molecule has 3 nitrogen and oxygen atoms in total. The van der Waals surface area contributed by atoms with Crippen LogP contribution in [0, 0.1) is 0 Å². The number of benzene rings is 2. The van der Waals surface area contributed by atoms with Gasteiger partial charge in [-0.15, -0.1) is 0 Å². The van der Waals surface area contributed by atoms with E-state index in [1.165, 1.54) is 24.3 Å². The summed E-state index contributed by atoms with van der Waals surface area (Å²) in [5.74, 6) is -5.05. The maximum absolute atomic E-state index is 14.1. The SMILES string of the molecule is [B]c1cc([B])c2oc(C(C)(F)F)c(C(=O)c3cc(Br)c(O)c(Br)c3)c2c1. The molecule has 0 unspecified atom stereocenters. The first kappa shape index (κ1) is 19.2. The second-order valence-electron chi connectivity index (χ2n) is 5.80. The van der Waals surface area contributed by atoms with Crippen LogP contribution in [0.1, 0.15) is 28.6 Å². The Morgan fingerprint density at radius 2 is 1.73 bits per heavy atom. The number of ketones is 1. The zero-order valence-electron chi connectivity index (χ0n) is 13.2. The zero-order chi connectivity index (χ0) is 19.4. The van der Waals surface area contributed by atoms with Crippen molar-refractivity contribution < 1.29 is 23.1 Å². The third-order valence-electron chi connectivity index (χ3n) is 3.75. The molecule has 26 heavy (non-hydrogen) atoms. The first-order valence-electron chi connectivity index (χ1n) is 7.23. The molecular formula is C17H8B2Br2F2O3. The predicted molar refractivity (Wildman–Crippen MR) is 103 cm³/mol. The normalized spacial score (nSPS) is 11.9. The zero-order valence-corrected chi connectivity index (χ0v) is 16.4. The van der Waals surface area contributed by atoms with E-state index >= 15 is 0 Å². The van der Waals surface area contributed by atoms with Gasteiger partial charge in [-0.3, -0.25) is 4.79 Å². The molecule has 1 heterocycles. The monoisotopic (exact) mass is 478 g/mol. The number of phenols is 1. The number of alkyl halides is 2. The number of halogens is 4. The number of phenolic OH excluding ortho intramolecular Hbond substituents is 1. The van der Waals surface area contributed by atoms with E-state index in [0.29, 0.717) is 6.92 Å². The summed E-state index contributed by atoms with van der Waals surface area (Å²) < 4.78 is 33.9. The van der Waals surface area contributed by atoms with Crippen molar-refractivity contribution >= 4 is 75.2 Å². The summed E-state index contributed by atoms with van der Waals surface area (Å²) in [6.07, 6.45) is 0. The number of carbonyl (C=O) groups excluding carboxylic acids is 1. The summed E-state index contributed by atoms with van der Waals surface area (Å²) in [4.78, 5) is 13.0. The molecule has 0 fully saturated rings. The van der Waals surface area contributed by atoms with Crippen LogP contribution >= 0.6 is 31.9 Å². The van der Waals surface area contributed by atoms with Gasteiger partial charge in [0, 0.05) is 17.9 Å². The van der Waals surface area contributed by atoms with E-state index in [2.05, 4.69) is 31.9 Å². The fraction of sp³-hybridized carbons (Fsp3) is 0.118. The van der Waals surface area contributed by atoms with Crippen molar-refractivity contribution in [1.29, 1.82) is 0 Å². The van der Waals surface area contributed by atoms with E-state index in [1.54, 1.807) is 0 Å². The highest BCUT2D eigenvalue weighted by Crippen LogP contribution is 2.39. The largest absolute Gasteiger partial charge is 0.506 e. The summed E-state index contributed by atoms with van der Waals surface area (Å²) in [7, 11) is 11.6. The highest BCUT2D eigenvalue weighted by atomic mass is 79.9. The van der Waals surface area contributed by atoms with Gasteiger partial charge >= 0.3 is 5.92 Å². The molecule has 1 N–H and O–H groups in total. The Kier molecular flexibility index (Phi) is 4.82. The van der Waals surface area contributed by atoms with E-state index in [0.717, 1.165) is 0 Å². The minimum Gasteiger partial charge on any atom is -0.506 e. The van der Waals surface area contributed by atoms with Crippen molar-refractivity contribution in [2.24, 2.45) is 0 Å². The van der Waals surface area contributed by atoms with Gasteiger partial charge in [-0.05, 0) is 44.0 Å². The molecule has 0 aliphatic rings. The van der Waals surface area contributed by atoms with Gasteiger partial charge in [0.2, 0.25) is 0 Å². The number of carbonyl (C=O) groups is 1. The molecule has 0 atom stereocenters. The third-order valence-corrected chi connectivity index (χ3v) is 4.95. The van der Waals surface area contributed by atoms with Crippen molar-refractivity contribution in [2.45, 2.75) is 12.8 Å². The van der Waals surface area contributed by atoms with Crippen LogP contribution in [0.5, 0.6) is 5.75 Å². The van der Waals surface area contributed by atoms with Crippen LogP contribution in [0.3, 0.4) is 0 Å². The first-order valence-corrected chi connectivity index (χ1v) is 8.81. The van der Waals surface area contributed by atoms with E-state index in [9.17, 15) is 18.7 Å². The van der Waals surface area contributed by atoms with Gasteiger partial charge in [-0.1, -0.05) is 23.1 Å². The summed E-state index contributed by atoms with van der Waals surface area (Å²) in [5.41, 5.74) is -0.0239. The lowest BCUT2D eigenvalue weighted by Crippen LogP contribution is -2.15. The Morgan fingerprint density at radius 3 is 2.27 bits per heavy atom. The van der Waals surface area contributed by atoms with Gasteiger partial charge in [0.1, 0.15) is 27.0 Å². The Bertz CT molecular complexity index is 1040. The van der Waals surface area contributed by atoms with E-state index in [4.69, 9.17) is 20.1 Å². The van der Waals surface area contributed by atoms with Crippen LogP contribution in [0.2, 0.25) is 0 Å². The lowest BCUT2D eigenvalue weighted by molar-refractivity contribution is -0.00465. The summed E-state index contributed by atoms with van der Waals surface area (Å²) >= 11 is 6.23. The smallest absolute Gasteiger partial charge is 0.302 e. The van der Waals surface area contributed by atoms with Crippen LogP contribution in [-0.4, -0.2) is 26.6 Å². The molecular weight excluding hydrogens is 472 g/mol. The standard InChI is InChI=1S/C17H8B2Br2F2O3/c1-17(22,23)16-12(8-4-7(18)5-9(19)15(8)26-16)13(24)6-2-10(20)14(25)11(21)3-6/h2-5,25H,1H3. The average Bonchev–Trinajstić information content (AvgIpc) is 2.91. The van der Waals surface area contributed by atoms with Gasteiger partial charge in [-0.2, -0.15) is 8.78 Å². The maximum Gasteiger partial charge on any atom is 0.302 e. The van der Waals surface area contributed by atoms with Gasteiger partial charge < -0.3 is 9.52 Å². The Labute approximate surface area is 166 Å². The lowest BCUT2D eigenvalue weighted by Gasteiger charge is -2.10. The van der Waals surface area contributed by atoms with Crippen molar-refractivity contribution in [3.8, 4) is 5.75 Å². The van der Waals surface area contributed by atoms with E-state index in [1.807, 2.05) is 0 Å². The van der Waals surface area contributed by atoms with E-state index < -0.39 is 17.5 Å². The molecule has 2 aromatic carbocycles. The van der Waals surface area contributed by atoms with Crippen molar-refractivity contribution in [1.82, 2.24) is 0 Å². The number of aromatic hydroxyl groups is 1. The summed E-state index contributed by atoms with van der Waals surface area (Å²) in [6.45, 7) is 0.629. The number of hydrogen-bond donors (Lipinski definition) is 1. The minimum absolute atomic E-state index is 0.0315. The molecule has 3 aromatic rings. The number of rotatable bonds is 3. The third kappa shape index (κ3) is 3.22. The lowest BCUT2D eigenvalue weighted by atomic mass is 9.84. The van der Waals surface area contributed by atoms with Crippen LogP contribution in [0.4, 0.5) is 8.78 Å². The quantitative estimate of drug-likeness (QED) is 0.461. The molecule has 9 heteroatoms. The molecule has 3 rings (SSSR count). The molecule has 0 bridgehead atoms. The summed E-state index contributed by atoms with van der Waals surface area (Å²) in [6, 6.07) is 5.39. The number of fused-ring (bicyclic) bond motifs is 1. The number of furan rings is 1. The fourth-order valence-corrected chi connectivity index (χ4v) is 3.81. The highest BCUT2D eigenvalue weighted by molar-refractivity contribution is 9.11. The second kappa shape index (κ2) is 6.53. The summed E-state index contributed by atoms with van der Waals surface area (Å²) in [5, 5.41) is 9.90. The van der Waals surface area contributed by atoms with E-state index in [-0.39, 0.29) is 47.7 Å². The second-order valence-corrected chi connectivity index (χ2v) is 7.51. The Morgan fingerprint density at radius 1 is 1.15 bits per heavy atom. The molecule has 0 amide bonds. The number of hydrogen-bond acceptors (Lipinski definition) is 3. The maximum atomic E-state index is 14.1. The molecule has 128 valence electrons. The van der Waals surface area contributed by atoms with Crippen LogP contribution in [-0.2, 0) is 5.92 Å². The van der Waals surface area contributed by atoms with Crippen LogP contribution in [0.15, 0.2) is 37.6 Å². The highest BCUT2D eigenvalue weighted by Gasteiger charge is 2.37. The molecule has 0 saturated carbocycles. The Balaban J connectivity index is 2.34. The fourth-order valence-electron chi connectivity index (χ4n) is 2.62. The van der Waals surface area contributed by atoms with Crippen molar-refractivity contribution in [3.05, 3.63) is 50.1 Å². The molecule has 1 aromatic heterocycles. The van der Waals surface area contributed by atoms with Gasteiger partial charge in [0.15, 0.2) is 11.5 Å². The van der Waals surface area contributed by atoms with Gasteiger partial charge in [-0.25, -0.2) is 0 Å². The van der Waals surface area contributed by atoms with Crippen molar-refractivity contribution in [2.75, 3.05) is 0 Å².